The second kappa shape index (κ2) is 6.07. The summed E-state index contributed by atoms with van der Waals surface area (Å²) in [6.45, 7) is 3.34. The minimum absolute atomic E-state index is 0.0723. The Morgan fingerprint density at radius 1 is 1.15 bits per heavy atom. The summed E-state index contributed by atoms with van der Waals surface area (Å²) in [5.74, 6) is -0.0723. The zero-order valence-corrected chi connectivity index (χ0v) is 11.9. The average Bonchev–Trinajstić information content (AvgIpc) is 3.01. The highest BCUT2D eigenvalue weighted by molar-refractivity contribution is 7.08. The van der Waals surface area contributed by atoms with Crippen molar-refractivity contribution in [1.29, 1.82) is 0 Å². The molecule has 0 bridgehead atoms. The summed E-state index contributed by atoms with van der Waals surface area (Å²) in [5, 5.41) is 6.73. The fourth-order valence-corrected chi connectivity index (χ4v) is 2.77. The first-order valence-electron chi connectivity index (χ1n) is 6.59. The third-order valence-electron chi connectivity index (χ3n) is 3.28. The highest BCUT2D eigenvalue weighted by Crippen LogP contribution is 2.18. The van der Waals surface area contributed by atoms with E-state index >= 15 is 0 Å². The Morgan fingerprint density at radius 2 is 1.90 bits per heavy atom. The molecule has 5 heteroatoms. The molecule has 1 N–H and O–H groups in total. The van der Waals surface area contributed by atoms with E-state index in [9.17, 15) is 4.79 Å². The normalized spacial score (nSPS) is 15.1. The largest absolute Gasteiger partial charge is 0.378 e. The number of thiophene rings is 1. The van der Waals surface area contributed by atoms with Gasteiger partial charge in [-0.3, -0.25) is 4.79 Å². The smallest absolute Gasteiger partial charge is 0.255 e. The molecule has 20 heavy (non-hydrogen) atoms. The summed E-state index contributed by atoms with van der Waals surface area (Å²) in [6, 6.07) is 9.62. The maximum Gasteiger partial charge on any atom is 0.255 e. The van der Waals surface area contributed by atoms with Crippen molar-refractivity contribution in [3.63, 3.8) is 0 Å². The lowest BCUT2D eigenvalue weighted by Crippen LogP contribution is -2.36. The third kappa shape index (κ3) is 3.00. The molecular weight excluding hydrogens is 272 g/mol. The molecule has 0 spiro atoms. The number of hydrogen-bond donors (Lipinski definition) is 1. The molecule has 1 fully saturated rings. The average molecular weight is 288 g/mol. The van der Waals surface area contributed by atoms with Crippen molar-refractivity contribution >= 4 is 28.6 Å². The molecule has 0 radical (unpaired) electrons. The van der Waals surface area contributed by atoms with Gasteiger partial charge >= 0.3 is 0 Å². The number of nitrogens with one attached hydrogen (secondary N) is 1. The summed E-state index contributed by atoms with van der Waals surface area (Å²) in [5.41, 5.74) is 2.66. The molecule has 2 heterocycles. The number of hydrogen-bond acceptors (Lipinski definition) is 4. The molecule has 0 atom stereocenters. The van der Waals surface area contributed by atoms with Gasteiger partial charge in [0.2, 0.25) is 0 Å². The van der Waals surface area contributed by atoms with Crippen LogP contribution in [0.25, 0.3) is 0 Å². The van der Waals surface area contributed by atoms with E-state index in [-0.39, 0.29) is 5.91 Å². The van der Waals surface area contributed by atoms with Crippen LogP contribution in [0.15, 0.2) is 41.1 Å². The van der Waals surface area contributed by atoms with Crippen molar-refractivity contribution in [1.82, 2.24) is 0 Å². The standard InChI is InChI=1S/C15H16N2O2S/c18-15(16-13-5-10-20-11-13)12-1-3-14(4-2-12)17-6-8-19-9-7-17/h1-5,10-11H,6-9H2,(H,16,18). The van der Waals surface area contributed by atoms with Gasteiger partial charge in [-0.1, -0.05) is 0 Å². The molecular formula is C15H16N2O2S. The number of anilines is 2. The summed E-state index contributed by atoms with van der Waals surface area (Å²) in [4.78, 5) is 14.3. The number of carbonyl (C=O) groups is 1. The maximum atomic E-state index is 12.1. The first kappa shape index (κ1) is 13.1. The Labute approximate surface area is 122 Å². The summed E-state index contributed by atoms with van der Waals surface area (Å²) >= 11 is 1.56. The zero-order valence-electron chi connectivity index (χ0n) is 11.0. The lowest BCUT2D eigenvalue weighted by Gasteiger charge is -2.28. The quantitative estimate of drug-likeness (QED) is 0.944. The fraction of sp³-hybridized carbons (Fsp3) is 0.267. The van der Waals surface area contributed by atoms with Gasteiger partial charge in [0.15, 0.2) is 0 Å². The van der Waals surface area contributed by atoms with Gasteiger partial charge in [0, 0.05) is 29.7 Å². The predicted molar refractivity (Wildman–Crippen MR) is 81.7 cm³/mol. The fourth-order valence-electron chi connectivity index (χ4n) is 2.18. The van der Waals surface area contributed by atoms with Crippen LogP contribution in [0.5, 0.6) is 0 Å². The molecule has 104 valence electrons. The SMILES string of the molecule is O=C(Nc1ccsc1)c1ccc(N2CCOCC2)cc1. The highest BCUT2D eigenvalue weighted by Gasteiger charge is 2.12. The van der Waals surface area contributed by atoms with E-state index < -0.39 is 0 Å². The molecule has 1 aliphatic heterocycles. The van der Waals surface area contributed by atoms with E-state index in [2.05, 4.69) is 10.2 Å². The van der Waals surface area contributed by atoms with Crippen LogP contribution in [0, 0.1) is 0 Å². The van der Waals surface area contributed by atoms with Crippen molar-refractivity contribution in [2.24, 2.45) is 0 Å². The number of rotatable bonds is 3. The van der Waals surface area contributed by atoms with Gasteiger partial charge in [0.25, 0.3) is 5.91 Å². The topological polar surface area (TPSA) is 41.6 Å². The first-order chi connectivity index (χ1) is 9.83. The van der Waals surface area contributed by atoms with Crippen molar-refractivity contribution in [3.8, 4) is 0 Å². The van der Waals surface area contributed by atoms with Gasteiger partial charge < -0.3 is 15.0 Å². The summed E-state index contributed by atoms with van der Waals surface area (Å²) in [6.07, 6.45) is 0. The summed E-state index contributed by atoms with van der Waals surface area (Å²) < 4.78 is 5.34. The van der Waals surface area contributed by atoms with Crippen LogP contribution in [-0.2, 0) is 4.74 Å². The monoisotopic (exact) mass is 288 g/mol. The van der Waals surface area contributed by atoms with Crippen LogP contribution >= 0.6 is 11.3 Å². The van der Waals surface area contributed by atoms with Crippen LogP contribution in [0.3, 0.4) is 0 Å². The van der Waals surface area contributed by atoms with Gasteiger partial charge in [-0.15, -0.1) is 0 Å². The van der Waals surface area contributed by atoms with E-state index in [1.807, 2.05) is 41.1 Å². The maximum absolute atomic E-state index is 12.1. The molecule has 0 aliphatic carbocycles. The molecule has 4 nitrogen and oxygen atoms in total. The van der Waals surface area contributed by atoms with Crippen molar-refractivity contribution in [2.45, 2.75) is 0 Å². The molecule has 1 aromatic heterocycles. The van der Waals surface area contributed by atoms with Crippen molar-refractivity contribution in [3.05, 3.63) is 46.7 Å². The molecule has 1 aliphatic rings. The molecule has 1 amide bonds. The van der Waals surface area contributed by atoms with Gasteiger partial charge in [-0.2, -0.15) is 11.3 Å². The van der Waals surface area contributed by atoms with E-state index in [1.165, 1.54) is 0 Å². The number of amides is 1. The lowest BCUT2D eigenvalue weighted by molar-refractivity contribution is 0.102. The minimum Gasteiger partial charge on any atom is -0.378 e. The Kier molecular flexibility index (Phi) is 3.99. The van der Waals surface area contributed by atoms with Crippen LogP contribution in [-0.4, -0.2) is 32.2 Å². The Bertz CT molecular complexity index is 560. The Balaban J connectivity index is 1.67. The first-order valence-corrected chi connectivity index (χ1v) is 7.53. The second-order valence-corrected chi connectivity index (χ2v) is 5.39. The zero-order chi connectivity index (χ0) is 13.8. The van der Waals surface area contributed by atoms with E-state index in [0.717, 1.165) is 37.7 Å². The van der Waals surface area contributed by atoms with Crippen molar-refractivity contribution < 1.29 is 9.53 Å². The summed E-state index contributed by atoms with van der Waals surface area (Å²) in [7, 11) is 0. The molecule has 0 saturated carbocycles. The van der Waals surface area contributed by atoms with Gasteiger partial charge in [-0.05, 0) is 35.7 Å². The Hall–Kier alpha value is -1.85. The van der Waals surface area contributed by atoms with Crippen LogP contribution < -0.4 is 10.2 Å². The number of ether oxygens (including phenoxy) is 1. The molecule has 1 saturated heterocycles. The lowest BCUT2D eigenvalue weighted by atomic mass is 10.1. The van der Waals surface area contributed by atoms with Crippen LogP contribution in [0.4, 0.5) is 11.4 Å². The van der Waals surface area contributed by atoms with Crippen LogP contribution in [0.1, 0.15) is 10.4 Å². The number of nitrogens with zero attached hydrogens (tertiary/aromatic N) is 1. The van der Waals surface area contributed by atoms with Crippen molar-refractivity contribution in [2.75, 3.05) is 36.5 Å². The van der Waals surface area contributed by atoms with E-state index in [0.29, 0.717) is 5.56 Å². The van der Waals surface area contributed by atoms with E-state index in [4.69, 9.17) is 4.74 Å². The van der Waals surface area contributed by atoms with E-state index in [1.54, 1.807) is 11.3 Å². The molecule has 3 rings (SSSR count). The number of benzene rings is 1. The Morgan fingerprint density at radius 3 is 2.55 bits per heavy atom. The van der Waals surface area contributed by atoms with Gasteiger partial charge in [0.05, 0.1) is 18.9 Å². The van der Waals surface area contributed by atoms with Gasteiger partial charge in [0.1, 0.15) is 0 Å². The number of carbonyl (C=O) groups excluding carboxylic acids is 1. The molecule has 1 aromatic carbocycles. The predicted octanol–water partition coefficient (Wildman–Crippen LogP) is 2.84. The third-order valence-corrected chi connectivity index (χ3v) is 3.97. The minimum atomic E-state index is -0.0723. The molecule has 0 unspecified atom stereocenters. The second-order valence-electron chi connectivity index (χ2n) is 4.61. The molecule has 2 aromatic rings. The van der Waals surface area contributed by atoms with Crippen LogP contribution in [0.2, 0.25) is 0 Å². The number of morpholine rings is 1. The highest BCUT2D eigenvalue weighted by atomic mass is 32.1. The van der Waals surface area contributed by atoms with Gasteiger partial charge in [-0.25, -0.2) is 0 Å².